The molecule has 0 aliphatic heterocycles. The van der Waals surface area contributed by atoms with Crippen LogP contribution in [-0.2, 0) is 6.54 Å². The van der Waals surface area contributed by atoms with Crippen molar-refractivity contribution in [3.63, 3.8) is 0 Å². The molecule has 1 N–H and O–H groups in total. The van der Waals surface area contributed by atoms with Crippen LogP contribution < -0.4 is 4.74 Å². The summed E-state index contributed by atoms with van der Waals surface area (Å²) in [5.74, 6) is 0.700. The van der Waals surface area contributed by atoms with Gasteiger partial charge in [0.25, 0.3) is 0 Å². The van der Waals surface area contributed by atoms with E-state index in [4.69, 9.17) is 4.74 Å². The molecule has 0 saturated carbocycles. The van der Waals surface area contributed by atoms with Gasteiger partial charge in [-0.3, -0.25) is 4.90 Å². The minimum atomic E-state index is -0.975. The van der Waals surface area contributed by atoms with Crippen molar-refractivity contribution in [1.82, 2.24) is 4.90 Å². The lowest BCUT2D eigenvalue weighted by atomic mass is 9.92. The first-order chi connectivity index (χ1) is 12.3. The molecule has 0 radical (unpaired) electrons. The highest BCUT2D eigenvalue weighted by atomic mass is 79.9. The van der Waals surface area contributed by atoms with Gasteiger partial charge < -0.3 is 9.84 Å². The van der Waals surface area contributed by atoms with Crippen LogP contribution in [0.3, 0.4) is 0 Å². The van der Waals surface area contributed by atoms with Gasteiger partial charge in [-0.1, -0.05) is 51.8 Å². The van der Waals surface area contributed by atoms with Crippen molar-refractivity contribution in [3.8, 4) is 5.75 Å². The predicted molar refractivity (Wildman–Crippen MR) is 107 cm³/mol. The van der Waals surface area contributed by atoms with E-state index in [0.29, 0.717) is 18.7 Å². The predicted octanol–water partition coefficient (Wildman–Crippen LogP) is 5.73. The van der Waals surface area contributed by atoms with Gasteiger partial charge >= 0.3 is 6.09 Å². The monoisotopic (exact) mass is 417 g/mol. The third-order valence-electron chi connectivity index (χ3n) is 4.11. The normalized spacial score (nSPS) is 12.9. The molecular weight excluding hydrogens is 394 g/mol. The summed E-state index contributed by atoms with van der Waals surface area (Å²) in [5, 5.41) is 9.85. The lowest BCUT2D eigenvalue weighted by molar-refractivity contribution is 0.0464. The third kappa shape index (κ3) is 5.63. The van der Waals surface area contributed by atoms with Gasteiger partial charge in [-0.2, -0.15) is 0 Å². The molecule has 0 heterocycles. The SMILES string of the molecule is C=C(C)CC(C)(COc1ccc(Br)cc1)N(Cc1ccccc1)C(=O)O. The minimum Gasteiger partial charge on any atom is -0.491 e. The maximum absolute atomic E-state index is 12.0. The summed E-state index contributed by atoms with van der Waals surface area (Å²) in [5.41, 5.74) is 1.11. The standard InChI is InChI=1S/C21H24BrNO3/c1-16(2)13-21(3,15-26-19-11-9-18(22)10-12-19)23(20(24)25)14-17-7-5-4-6-8-17/h4-12H,1,13-15H2,2-3H3,(H,24,25). The van der Waals surface area contributed by atoms with E-state index in [2.05, 4.69) is 22.5 Å². The molecule has 2 aromatic rings. The molecule has 138 valence electrons. The Hall–Kier alpha value is -2.27. The Balaban J connectivity index is 2.23. The lowest BCUT2D eigenvalue weighted by Crippen LogP contribution is -2.52. The summed E-state index contributed by atoms with van der Waals surface area (Å²) in [6.07, 6.45) is -0.458. The van der Waals surface area contributed by atoms with E-state index in [1.807, 2.05) is 68.4 Å². The molecule has 2 rings (SSSR count). The van der Waals surface area contributed by atoms with E-state index < -0.39 is 11.6 Å². The van der Waals surface area contributed by atoms with Crippen LogP contribution in [0.15, 0.2) is 71.2 Å². The number of amides is 1. The maximum Gasteiger partial charge on any atom is 0.408 e. The molecule has 0 fully saturated rings. The summed E-state index contributed by atoms with van der Waals surface area (Å²) in [4.78, 5) is 13.5. The molecule has 4 nitrogen and oxygen atoms in total. The highest BCUT2D eigenvalue weighted by molar-refractivity contribution is 9.10. The molecule has 1 atom stereocenters. The number of ether oxygens (including phenoxy) is 1. The molecule has 1 unspecified atom stereocenters. The quantitative estimate of drug-likeness (QED) is 0.557. The van der Waals surface area contributed by atoms with E-state index >= 15 is 0 Å². The van der Waals surface area contributed by atoms with Crippen molar-refractivity contribution in [1.29, 1.82) is 0 Å². The minimum absolute atomic E-state index is 0.237. The van der Waals surface area contributed by atoms with E-state index in [-0.39, 0.29) is 6.61 Å². The van der Waals surface area contributed by atoms with Gasteiger partial charge in [0.1, 0.15) is 12.4 Å². The Morgan fingerprint density at radius 1 is 1.19 bits per heavy atom. The first kappa shape index (κ1) is 20.0. The number of carboxylic acid groups (broad SMARTS) is 1. The highest BCUT2D eigenvalue weighted by Gasteiger charge is 2.36. The smallest absolute Gasteiger partial charge is 0.408 e. The van der Waals surface area contributed by atoms with Crippen molar-refractivity contribution >= 4 is 22.0 Å². The Bertz CT molecular complexity index is 746. The molecule has 1 amide bonds. The van der Waals surface area contributed by atoms with Crippen molar-refractivity contribution in [3.05, 3.63) is 76.8 Å². The van der Waals surface area contributed by atoms with Crippen molar-refractivity contribution in [2.75, 3.05) is 6.61 Å². The van der Waals surface area contributed by atoms with Crippen LogP contribution in [-0.4, -0.2) is 28.2 Å². The van der Waals surface area contributed by atoms with E-state index in [9.17, 15) is 9.90 Å². The number of halogens is 1. The molecule has 0 aliphatic rings. The number of nitrogens with zero attached hydrogens (tertiary/aromatic N) is 1. The van der Waals surface area contributed by atoms with Crippen LogP contribution in [0.25, 0.3) is 0 Å². The number of hydrogen-bond donors (Lipinski definition) is 1. The summed E-state index contributed by atoms with van der Waals surface area (Å²) in [6, 6.07) is 17.1. The second-order valence-corrected chi connectivity index (χ2v) is 7.64. The third-order valence-corrected chi connectivity index (χ3v) is 4.64. The van der Waals surface area contributed by atoms with Gasteiger partial charge in [0.15, 0.2) is 0 Å². The summed E-state index contributed by atoms with van der Waals surface area (Å²) in [7, 11) is 0. The summed E-state index contributed by atoms with van der Waals surface area (Å²) in [6.45, 7) is 8.31. The van der Waals surface area contributed by atoms with Gasteiger partial charge in [-0.05, 0) is 50.1 Å². The Morgan fingerprint density at radius 2 is 1.81 bits per heavy atom. The Kier molecular flexibility index (Phi) is 6.86. The van der Waals surface area contributed by atoms with Gasteiger partial charge in [-0.15, -0.1) is 6.58 Å². The van der Waals surface area contributed by atoms with Gasteiger partial charge in [0, 0.05) is 11.0 Å². The average Bonchev–Trinajstić information content (AvgIpc) is 2.59. The number of rotatable bonds is 8. The van der Waals surface area contributed by atoms with Crippen molar-refractivity contribution in [2.24, 2.45) is 0 Å². The lowest BCUT2D eigenvalue weighted by Gasteiger charge is -2.39. The van der Waals surface area contributed by atoms with Crippen LogP contribution in [0.2, 0.25) is 0 Å². The van der Waals surface area contributed by atoms with Gasteiger partial charge in [0.2, 0.25) is 0 Å². The maximum atomic E-state index is 12.0. The average molecular weight is 418 g/mol. The molecule has 5 heteroatoms. The van der Waals surface area contributed by atoms with Crippen LogP contribution in [0, 0.1) is 0 Å². The fraction of sp³-hybridized carbons (Fsp3) is 0.286. The van der Waals surface area contributed by atoms with Crippen molar-refractivity contribution in [2.45, 2.75) is 32.4 Å². The molecule has 0 spiro atoms. The zero-order valence-electron chi connectivity index (χ0n) is 15.1. The van der Waals surface area contributed by atoms with E-state index in [1.54, 1.807) is 0 Å². The van der Waals surface area contributed by atoms with Crippen molar-refractivity contribution < 1.29 is 14.6 Å². The van der Waals surface area contributed by atoms with Crippen LogP contribution in [0.5, 0.6) is 5.75 Å². The Labute approximate surface area is 163 Å². The molecule has 0 aliphatic carbocycles. The van der Waals surface area contributed by atoms with Crippen LogP contribution in [0.4, 0.5) is 4.79 Å². The van der Waals surface area contributed by atoms with Gasteiger partial charge in [0.05, 0.1) is 5.54 Å². The first-order valence-electron chi connectivity index (χ1n) is 8.37. The molecule has 2 aromatic carbocycles. The van der Waals surface area contributed by atoms with Crippen LogP contribution >= 0.6 is 15.9 Å². The molecule has 0 bridgehead atoms. The zero-order valence-corrected chi connectivity index (χ0v) is 16.7. The zero-order chi connectivity index (χ0) is 19.2. The molecule has 26 heavy (non-hydrogen) atoms. The van der Waals surface area contributed by atoms with Gasteiger partial charge in [-0.25, -0.2) is 4.79 Å². The first-order valence-corrected chi connectivity index (χ1v) is 9.17. The molecule has 0 saturated heterocycles. The van der Waals surface area contributed by atoms with Crippen LogP contribution in [0.1, 0.15) is 25.8 Å². The number of benzene rings is 2. The second-order valence-electron chi connectivity index (χ2n) is 6.73. The highest BCUT2D eigenvalue weighted by Crippen LogP contribution is 2.27. The fourth-order valence-electron chi connectivity index (χ4n) is 2.90. The van der Waals surface area contributed by atoms with E-state index in [1.165, 1.54) is 4.90 Å². The number of hydrogen-bond acceptors (Lipinski definition) is 2. The largest absolute Gasteiger partial charge is 0.491 e. The summed E-state index contributed by atoms with van der Waals surface area (Å²) >= 11 is 3.40. The molecule has 0 aromatic heterocycles. The second kappa shape index (κ2) is 8.90. The number of carbonyl (C=O) groups is 1. The summed E-state index contributed by atoms with van der Waals surface area (Å²) < 4.78 is 6.89. The topological polar surface area (TPSA) is 49.8 Å². The fourth-order valence-corrected chi connectivity index (χ4v) is 3.16. The molecular formula is C21H24BrNO3. The van der Waals surface area contributed by atoms with E-state index in [0.717, 1.165) is 15.6 Å². The Morgan fingerprint density at radius 3 is 2.35 bits per heavy atom.